The van der Waals surface area contributed by atoms with E-state index in [0.29, 0.717) is 19.6 Å². The summed E-state index contributed by atoms with van der Waals surface area (Å²) in [6.07, 6.45) is 4.81. The molecule has 0 aliphatic carbocycles. The SMILES string of the molecule is CCOCC1(C=O)CC=CO1. The largest absolute Gasteiger partial charge is 0.485 e. The fourth-order valence-electron chi connectivity index (χ4n) is 0.957. The molecule has 1 aliphatic rings. The van der Waals surface area contributed by atoms with Crippen molar-refractivity contribution in [3.8, 4) is 0 Å². The first kappa shape index (κ1) is 8.27. The van der Waals surface area contributed by atoms with Gasteiger partial charge in [-0.15, -0.1) is 0 Å². The van der Waals surface area contributed by atoms with Crippen LogP contribution in [0.15, 0.2) is 12.3 Å². The minimum absolute atomic E-state index is 0.347. The summed E-state index contributed by atoms with van der Waals surface area (Å²) in [5.41, 5.74) is -0.726. The average Bonchev–Trinajstić information content (AvgIpc) is 2.50. The molecule has 1 atom stereocenters. The molecule has 0 fully saturated rings. The van der Waals surface area contributed by atoms with E-state index in [0.717, 1.165) is 6.29 Å². The van der Waals surface area contributed by atoms with Gasteiger partial charge in [0.2, 0.25) is 0 Å². The highest BCUT2D eigenvalue weighted by molar-refractivity contribution is 5.64. The fraction of sp³-hybridized carbons (Fsp3) is 0.625. The van der Waals surface area contributed by atoms with E-state index in [4.69, 9.17) is 9.47 Å². The van der Waals surface area contributed by atoms with E-state index in [2.05, 4.69) is 0 Å². The van der Waals surface area contributed by atoms with Crippen LogP contribution in [0.3, 0.4) is 0 Å². The summed E-state index contributed by atoms with van der Waals surface area (Å²) in [5, 5.41) is 0. The Morgan fingerprint density at radius 1 is 1.82 bits per heavy atom. The van der Waals surface area contributed by atoms with Crippen molar-refractivity contribution in [2.45, 2.75) is 18.9 Å². The van der Waals surface area contributed by atoms with Gasteiger partial charge in [0.1, 0.15) is 0 Å². The van der Waals surface area contributed by atoms with E-state index >= 15 is 0 Å². The van der Waals surface area contributed by atoms with E-state index < -0.39 is 5.60 Å². The Kier molecular flexibility index (Phi) is 2.65. The van der Waals surface area contributed by atoms with Crippen molar-refractivity contribution in [3.05, 3.63) is 12.3 Å². The Bertz CT molecular complexity index is 155. The molecule has 0 spiro atoms. The lowest BCUT2D eigenvalue weighted by molar-refractivity contribution is -0.129. The number of hydrogen-bond donors (Lipinski definition) is 0. The third-order valence-electron chi connectivity index (χ3n) is 1.63. The molecule has 0 aromatic heterocycles. The molecule has 62 valence electrons. The zero-order valence-electron chi connectivity index (χ0n) is 6.58. The van der Waals surface area contributed by atoms with E-state index in [1.165, 1.54) is 0 Å². The summed E-state index contributed by atoms with van der Waals surface area (Å²) in [6, 6.07) is 0. The molecule has 11 heavy (non-hydrogen) atoms. The van der Waals surface area contributed by atoms with Crippen molar-refractivity contribution in [2.75, 3.05) is 13.2 Å². The second-order valence-electron chi connectivity index (χ2n) is 2.51. The molecular formula is C8H12O3. The van der Waals surface area contributed by atoms with Gasteiger partial charge < -0.3 is 9.47 Å². The minimum atomic E-state index is -0.726. The standard InChI is InChI=1S/C8H12O3/c1-2-10-7-8(6-9)4-3-5-11-8/h3,5-6H,2,4,7H2,1H3. The highest BCUT2D eigenvalue weighted by atomic mass is 16.5. The molecule has 3 heteroatoms. The molecule has 1 aliphatic heterocycles. The smallest absolute Gasteiger partial charge is 0.189 e. The van der Waals surface area contributed by atoms with Crippen LogP contribution in [0.5, 0.6) is 0 Å². The second-order valence-corrected chi connectivity index (χ2v) is 2.51. The molecule has 0 aromatic rings. The van der Waals surface area contributed by atoms with E-state index in [9.17, 15) is 4.79 Å². The summed E-state index contributed by atoms with van der Waals surface area (Å²) < 4.78 is 10.2. The van der Waals surface area contributed by atoms with Gasteiger partial charge >= 0.3 is 0 Å². The molecule has 1 heterocycles. The minimum Gasteiger partial charge on any atom is -0.485 e. The number of aldehydes is 1. The Balaban J connectivity index is 2.41. The molecule has 0 radical (unpaired) electrons. The van der Waals surface area contributed by atoms with Crippen LogP contribution < -0.4 is 0 Å². The fourth-order valence-corrected chi connectivity index (χ4v) is 0.957. The lowest BCUT2D eigenvalue weighted by atomic mass is 10.1. The van der Waals surface area contributed by atoms with Gasteiger partial charge in [0.25, 0.3) is 0 Å². The molecule has 0 saturated carbocycles. The van der Waals surface area contributed by atoms with Crippen LogP contribution in [0.2, 0.25) is 0 Å². The Morgan fingerprint density at radius 3 is 3.09 bits per heavy atom. The van der Waals surface area contributed by atoms with Gasteiger partial charge in [-0.25, -0.2) is 0 Å². The summed E-state index contributed by atoms with van der Waals surface area (Å²) >= 11 is 0. The van der Waals surface area contributed by atoms with Gasteiger partial charge in [-0.3, -0.25) is 4.79 Å². The number of carbonyl (C=O) groups excluding carboxylic acids is 1. The number of carbonyl (C=O) groups is 1. The molecule has 3 nitrogen and oxygen atoms in total. The summed E-state index contributed by atoms with van der Waals surface area (Å²) in [7, 11) is 0. The molecule has 0 amide bonds. The Hall–Kier alpha value is -0.830. The number of ether oxygens (including phenoxy) is 2. The predicted octanol–water partition coefficient (Wildman–Crippen LogP) is 0.895. The van der Waals surface area contributed by atoms with Crippen molar-refractivity contribution < 1.29 is 14.3 Å². The van der Waals surface area contributed by atoms with Gasteiger partial charge in [0.15, 0.2) is 11.9 Å². The van der Waals surface area contributed by atoms with Gasteiger partial charge in [0, 0.05) is 13.0 Å². The summed E-state index contributed by atoms with van der Waals surface area (Å²) in [6.45, 7) is 2.85. The van der Waals surface area contributed by atoms with E-state index in [1.807, 2.05) is 13.0 Å². The average molecular weight is 156 g/mol. The first-order valence-corrected chi connectivity index (χ1v) is 3.70. The first-order chi connectivity index (χ1) is 5.33. The normalized spacial score (nSPS) is 28.5. The molecule has 0 saturated heterocycles. The highest BCUT2D eigenvalue weighted by Gasteiger charge is 2.32. The van der Waals surface area contributed by atoms with Crippen LogP contribution >= 0.6 is 0 Å². The van der Waals surface area contributed by atoms with Gasteiger partial charge in [-0.1, -0.05) is 0 Å². The molecule has 0 bridgehead atoms. The zero-order valence-corrected chi connectivity index (χ0v) is 6.58. The topological polar surface area (TPSA) is 35.5 Å². The monoisotopic (exact) mass is 156 g/mol. The van der Waals surface area contributed by atoms with Crippen molar-refractivity contribution in [1.82, 2.24) is 0 Å². The highest BCUT2D eigenvalue weighted by Crippen LogP contribution is 2.21. The molecule has 1 rings (SSSR count). The number of hydrogen-bond acceptors (Lipinski definition) is 3. The van der Waals surface area contributed by atoms with Gasteiger partial charge in [-0.05, 0) is 13.0 Å². The third kappa shape index (κ3) is 1.80. The van der Waals surface area contributed by atoms with E-state index in [1.54, 1.807) is 6.26 Å². The van der Waals surface area contributed by atoms with Crippen LogP contribution in [0.4, 0.5) is 0 Å². The first-order valence-electron chi connectivity index (χ1n) is 3.70. The van der Waals surface area contributed by atoms with Crippen LogP contribution in [0, 0.1) is 0 Å². The molecular weight excluding hydrogens is 144 g/mol. The Morgan fingerprint density at radius 2 is 2.64 bits per heavy atom. The molecule has 0 N–H and O–H groups in total. The maximum Gasteiger partial charge on any atom is 0.189 e. The van der Waals surface area contributed by atoms with Crippen LogP contribution in [0.1, 0.15) is 13.3 Å². The molecule has 1 unspecified atom stereocenters. The lowest BCUT2D eigenvalue weighted by Gasteiger charge is -2.20. The van der Waals surface area contributed by atoms with Crippen LogP contribution in [-0.4, -0.2) is 25.1 Å². The quantitative estimate of drug-likeness (QED) is 0.567. The Labute approximate surface area is 66.0 Å². The summed E-state index contributed by atoms with van der Waals surface area (Å²) in [5.74, 6) is 0. The van der Waals surface area contributed by atoms with Gasteiger partial charge in [0.05, 0.1) is 12.9 Å². The molecule has 0 aromatic carbocycles. The van der Waals surface area contributed by atoms with Crippen LogP contribution in [0.25, 0.3) is 0 Å². The van der Waals surface area contributed by atoms with Crippen molar-refractivity contribution in [1.29, 1.82) is 0 Å². The lowest BCUT2D eigenvalue weighted by Crippen LogP contribution is -2.35. The van der Waals surface area contributed by atoms with Crippen molar-refractivity contribution >= 4 is 6.29 Å². The summed E-state index contributed by atoms with van der Waals surface area (Å²) in [4.78, 5) is 10.6. The second kappa shape index (κ2) is 3.53. The third-order valence-corrected chi connectivity index (χ3v) is 1.63. The van der Waals surface area contributed by atoms with E-state index in [-0.39, 0.29) is 0 Å². The predicted molar refractivity (Wildman–Crippen MR) is 40.1 cm³/mol. The van der Waals surface area contributed by atoms with Crippen LogP contribution in [-0.2, 0) is 14.3 Å². The number of rotatable bonds is 4. The van der Waals surface area contributed by atoms with Crippen molar-refractivity contribution in [2.24, 2.45) is 0 Å². The zero-order chi connectivity index (χ0) is 8.16. The van der Waals surface area contributed by atoms with Crippen molar-refractivity contribution in [3.63, 3.8) is 0 Å². The maximum absolute atomic E-state index is 10.6. The van der Waals surface area contributed by atoms with Gasteiger partial charge in [-0.2, -0.15) is 0 Å². The maximum atomic E-state index is 10.6.